The lowest BCUT2D eigenvalue weighted by atomic mass is 10.2. The minimum absolute atomic E-state index is 0.142. The summed E-state index contributed by atoms with van der Waals surface area (Å²) in [6, 6.07) is 6.49. The molecule has 1 N–H and O–H groups in total. The highest BCUT2D eigenvalue weighted by Gasteiger charge is 2.06. The molecule has 0 amide bonds. The molecular formula is C13H15F2N3O. The van der Waals surface area contributed by atoms with E-state index >= 15 is 0 Å². The zero-order valence-corrected chi connectivity index (χ0v) is 10.7. The van der Waals surface area contributed by atoms with Crippen LogP contribution >= 0.6 is 0 Å². The summed E-state index contributed by atoms with van der Waals surface area (Å²) in [7, 11) is 1.85. The topological polar surface area (TPSA) is 39.1 Å². The SMILES string of the molecule is Cc1nn(C)cc1CNc1cccc(OC(F)F)c1. The van der Waals surface area contributed by atoms with Crippen LogP contribution < -0.4 is 10.1 Å². The number of ether oxygens (including phenoxy) is 1. The van der Waals surface area contributed by atoms with Crippen molar-refractivity contribution >= 4 is 5.69 Å². The van der Waals surface area contributed by atoms with Crippen molar-refractivity contribution in [1.29, 1.82) is 0 Å². The van der Waals surface area contributed by atoms with Crippen LogP contribution in [0.3, 0.4) is 0 Å². The van der Waals surface area contributed by atoms with E-state index in [4.69, 9.17) is 0 Å². The quantitative estimate of drug-likeness (QED) is 0.905. The van der Waals surface area contributed by atoms with Crippen LogP contribution in [0.1, 0.15) is 11.3 Å². The van der Waals surface area contributed by atoms with Crippen molar-refractivity contribution in [2.75, 3.05) is 5.32 Å². The van der Waals surface area contributed by atoms with Gasteiger partial charge in [0, 0.05) is 37.1 Å². The van der Waals surface area contributed by atoms with Gasteiger partial charge in [0.05, 0.1) is 5.69 Å². The van der Waals surface area contributed by atoms with Crippen molar-refractivity contribution in [2.24, 2.45) is 7.05 Å². The molecule has 4 nitrogen and oxygen atoms in total. The number of nitrogens with one attached hydrogen (secondary N) is 1. The lowest BCUT2D eigenvalue weighted by Gasteiger charge is -2.08. The molecule has 2 aromatic rings. The Hall–Kier alpha value is -2.11. The van der Waals surface area contributed by atoms with E-state index in [1.165, 1.54) is 12.1 Å². The number of alkyl halides is 2. The molecule has 102 valence electrons. The minimum Gasteiger partial charge on any atom is -0.435 e. The number of aromatic nitrogens is 2. The second-order valence-electron chi connectivity index (χ2n) is 4.17. The van der Waals surface area contributed by atoms with Crippen LogP contribution in [-0.2, 0) is 13.6 Å². The highest BCUT2D eigenvalue weighted by Crippen LogP contribution is 2.20. The van der Waals surface area contributed by atoms with Crippen LogP contribution in [0.25, 0.3) is 0 Å². The number of nitrogens with zero attached hydrogens (tertiary/aromatic N) is 2. The first kappa shape index (κ1) is 13.3. The molecule has 1 heterocycles. The molecule has 0 radical (unpaired) electrons. The molecule has 0 fully saturated rings. The van der Waals surface area contributed by atoms with Gasteiger partial charge >= 0.3 is 6.61 Å². The molecule has 0 bridgehead atoms. The number of hydrogen-bond donors (Lipinski definition) is 1. The average Bonchev–Trinajstić information content (AvgIpc) is 2.65. The number of anilines is 1. The van der Waals surface area contributed by atoms with Gasteiger partial charge in [-0.3, -0.25) is 4.68 Å². The fourth-order valence-electron chi connectivity index (χ4n) is 1.80. The van der Waals surface area contributed by atoms with Crippen molar-refractivity contribution < 1.29 is 13.5 Å². The maximum absolute atomic E-state index is 12.1. The maximum atomic E-state index is 12.1. The number of hydrogen-bond acceptors (Lipinski definition) is 3. The standard InChI is InChI=1S/C13H15F2N3O/c1-9-10(8-18(2)17-9)7-16-11-4-3-5-12(6-11)19-13(14)15/h3-6,8,13,16H,7H2,1-2H3. The van der Waals surface area contributed by atoms with Crippen molar-refractivity contribution in [2.45, 2.75) is 20.1 Å². The van der Waals surface area contributed by atoms with Gasteiger partial charge in [0.1, 0.15) is 5.75 Å². The third kappa shape index (κ3) is 3.67. The number of halogens is 2. The Labute approximate surface area is 110 Å². The van der Waals surface area contributed by atoms with Gasteiger partial charge < -0.3 is 10.1 Å². The Morgan fingerprint density at radius 3 is 2.84 bits per heavy atom. The summed E-state index contributed by atoms with van der Waals surface area (Å²) in [5, 5.41) is 7.38. The molecule has 2 rings (SSSR count). The molecule has 0 aliphatic carbocycles. The molecule has 0 aliphatic heterocycles. The minimum atomic E-state index is -2.81. The predicted molar refractivity (Wildman–Crippen MR) is 68.3 cm³/mol. The summed E-state index contributed by atoms with van der Waals surface area (Å²) < 4.78 is 30.3. The summed E-state index contributed by atoms with van der Waals surface area (Å²) in [6.07, 6.45) is 1.92. The van der Waals surface area contributed by atoms with Gasteiger partial charge in [0.15, 0.2) is 0 Å². The van der Waals surface area contributed by atoms with E-state index in [0.717, 1.165) is 16.9 Å². The van der Waals surface area contributed by atoms with E-state index in [2.05, 4.69) is 15.2 Å². The molecule has 6 heteroatoms. The Morgan fingerprint density at radius 1 is 1.42 bits per heavy atom. The van der Waals surface area contributed by atoms with Gasteiger partial charge in [-0.05, 0) is 19.1 Å². The molecule has 0 spiro atoms. The van der Waals surface area contributed by atoms with Gasteiger partial charge in [-0.2, -0.15) is 13.9 Å². The first-order valence-corrected chi connectivity index (χ1v) is 5.82. The molecule has 1 aromatic carbocycles. The number of rotatable bonds is 5. The first-order valence-electron chi connectivity index (χ1n) is 5.82. The monoisotopic (exact) mass is 267 g/mol. The zero-order valence-electron chi connectivity index (χ0n) is 10.7. The normalized spacial score (nSPS) is 10.8. The van der Waals surface area contributed by atoms with Crippen molar-refractivity contribution in [3.8, 4) is 5.75 Å². The molecule has 0 aliphatic rings. The van der Waals surface area contributed by atoms with Crippen molar-refractivity contribution in [1.82, 2.24) is 9.78 Å². The van der Waals surface area contributed by atoms with E-state index in [1.54, 1.807) is 16.8 Å². The summed E-state index contributed by atoms with van der Waals surface area (Å²) in [4.78, 5) is 0. The second-order valence-corrected chi connectivity index (χ2v) is 4.17. The highest BCUT2D eigenvalue weighted by molar-refractivity contribution is 5.48. The van der Waals surface area contributed by atoms with Crippen LogP contribution in [0.5, 0.6) is 5.75 Å². The fourth-order valence-corrected chi connectivity index (χ4v) is 1.80. The largest absolute Gasteiger partial charge is 0.435 e. The Balaban J connectivity index is 2.01. The summed E-state index contributed by atoms with van der Waals surface area (Å²) in [5.41, 5.74) is 2.72. The zero-order chi connectivity index (χ0) is 13.8. The number of benzene rings is 1. The molecule has 0 saturated heterocycles. The summed E-state index contributed by atoms with van der Waals surface area (Å²) >= 11 is 0. The van der Waals surface area contributed by atoms with Gasteiger partial charge in [0.2, 0.25) is 0 Å². The first-order chi connectivity index (χ1) is 9.04. The lowest BCUT2D eigenvalue weighted by Crippen LogP contribution is -2.03. The van der Waals surface area contributed by atoms with E-state index in [9.17, 15) is 8.78 Å². The van der Waals surface area contributed by atoms with Gasteiger partial charge in [-0.15, -0.1) is 0 Å². The lowest BCUT2D eigenvalue weighted by molar-refractivity contribution is -0.0498. The van der Waals surface area contributed by atoms with Gasteiger partial charge in [-0.1, -0.05) is 6.07 Å². The molecular weight excluding hydrogens is 252 g/mol. The Morgan fingerprint density at radius 2 is 2.21 bits per heavy atom. The Bertz CT molecular complexity index is 555. The molecule has 19 heavy (non-hydrogen) atoms. The van der Waals surface area contributed by atoms with E-state index in [1.807, 2.05) is 20.2 Å². The molecule has 0 atom stereocenters. The van der Waals surface area contributed by atoms with Crippen LogP contribution in [0, 0.1) is 6.92 Å². The summed E-state index contributed by atoms with van der Waals surface area (Å²) in [5.74, 6) is 0.142. The van der Waals surface area contributed by atoms with Gasteiger partial charge in [-0.25, -0.2) is 0 Å². The molecule has 1 aromatic heterocycles. The fraction of sp³-hybridized carbons (Fsp3) is 0.308. The number of aryl methyl sites for hydroxylation is 2. The van der Waals surface area contributed by atoms with Crippen LogP contribution in [0.15, 0.2) is 30.5 Å². The van der Waals surface area contributed by atoms with Crippen molar-refractivity contribution in [3.63, 3.8) is 0 Å². The molecule has 0 saturated carbocycles. The predicted octanol–water partition coefficient (Wildman–Crippen LogP) is 2.94. The van der Waals surface area contributed by atoms with Gasteiger partial charge in [0.25, 0.3) is 0 Å². The van der Waals surface area contributed by atoms with E-state index in [0.29, 0.717) is 6.54 Å². The average molecular weight is 267 g/mol. The van der Waals surface area contributed by atoms with Crippen LogP contribution in [-0.4, -0.2) is 16.4 Å². The van der Waals surface area contributed by atoms with Crippen LogP contribution in [0.2, 0.25) is 0 Å². The van der Waals surface area contributed by atoms with Crippen molar-refractivity contribution in [3.05, 3.63) is 41.7 Å². The Kier molecular flexibility index (Phi) is 3.99. The van der Waals surface area contributed by atoms with E-state index < -0.39 is 6.61 Å². The molecule has 0 unspecified atom stereocenters. The summed E-state index contributed by atoms with van der Waals surface area (Å²) in [6.45, 7) is -0.304. The van der Waals surface area contributed by atoms with Crippen LogP contribution in [0.4, 0.5) is 14.5 Å². The third-order valence-electron chi connectivity index (χ3n) is 2.66. The smallest absolute Gasteiger partial charge is 0.387 e. The highest BCUT2D eigenvalue weighted by atomic mass is 19.3. The maximum Gasteiger partial charge on any atom is 0.387 e. The van der Waals surface area contributed by atoms with E-state index in [-0.39, 0.29) is 5.75 Å². The third-order valence-corrected chi connectivity index (χ3v) is 2.66. The second kappa shape index (κ2) is 5.69.